The number of aryl methyl sites for hydroxylation is 1. The Balaban J connectivity index is 1.27. The monoisotopic (exact) mass is 573 g/mol. The summed E-state index contributed by atoms with van der Waals surface area (Å²) in [6.45, 7) is 4.80. The second-order valence-electron chi connectivity index (χ2n) is 12.1. The van der Waals surface area contributed by atoms with Crippen LogP contribution in [0.15, 0.2) is 71.9 Å². The molecule has 222 valence electrons. The zero-order valence-electron chi connectivity index (χ0n) is 25.5. The molecule has 5 rings (SSSR count). The summed E-state index contributed by atoms with van der Waals surface area (Å²) >= 11 is 0. The average molecular weight is 574 g/mol. The van der Waals surface area contributed by atoms with E-state index in [1.807, 2.05) is 36.5 Å². The molecule has 2 unspecified atom stereocenters. The lowest BCUT2D eigenvalue weighted by atomic mass is 9.72. The van der Waals surface area contributed by atoms with Crippen LogP contribution in [0.25, 0.3) is 5.57 Å². The molecule has 0 bridgehead atoms. The van der Waals surface area contributed by atoms with Crippen molar-refractivity contribution in [3.8, 4) is 6.07 Å². The van der Waals surface area contributed by atoms with E-state index < -0.39 is 0 Å². The highest BCUT2D eigenvalue weighted by molar-refractivity contribution is 6.11. The number of rotatable bonds is 12. The van der Waals surface area contributed by atoms with Crippen LogP contribution in [0.3, 0.4) is 0 Å². The predicted molar refractivity (Wildman–Crippen MR) is 173 cm³/mol. The molecule has 6 nitrogen and oxygen atoms in total. The third-order valence-electron chi connectivity index (χ3n) is 8.95. The average Bonchev–Trinajstić information content (AvgIpc) is 3.48. The molecule has 0 radical (unpaired) electrons. The SMILES string of the molecule is CCCCCc1nc(CC2CCC(C(C(=O)NCc3ccccc3)c3ccc(C4=CC(C)N=C4)cc3)CC2)ncc1C#N. The second-order valence-corrected chi connectivity index (χ2v) is 12.1. The standard InChI is InChI=1S/C37H43N5O/c1-3-4-6-11-34-33(22-38)25-40-35(42-34)21-27-12-14-30(15-13-27)36(37(43)41-23-28-9-7-5-8-10-28)31-18-16-29(17-19-31)32-20-26(2)39-24-32/h5,7-10,16-20,24-27,30,36H,3-4,6,11-15,21,23H2,1-2H3,(H,41,43). The number of nitrogens with zero attached hydrogens (tertiary/aromatic N) is 4. The van der Waals surface area contributed by atoms with Gasteiger partial charge in [-0.2, -0.15) is 5.26 Å². The molecule has 6 heteroatoms. The topological polar surface area (TPSA) is 91.0 Å². The van der Waals surface area contributed by atoms with E-state index in [0.717, 1.165) is 91.6 Å². The quantitative estimate of drug-likeness (QED) is 0.229. The van der Waals surface area contributed by atoms with Gasteiger partial charge in [0.15, 0.2) is 0 Å². The molecule has 2 heterocycles. The first-order valence-corrected chi connectivity index (χ1v) is 16.0. The van der Waals surface area contributed by atoms with Crippen molar-refractivity contribution in [2.75, 3.05) is 0 Å². The smallest absolute Gasteiger partial charge is 0.228 e. The van der Waals surface area contributed by atoms with Crippen LogP contribution in [0.5, 0.6) is 0 Å². The van der Waals surface area contributed by atoms with Crippen molar-refractivity contribution in [1.82, 2.24) is 15.3 Å². The van der Waals surface area contributed by atoms with E-state index in [0.29, 0.717) is 18.0 Å². The fourth-order valence-electron chi connectivity index (χ4n) is 6.50. The third kappa shape index (κ3) is 8.04. The highest BCUT2D eigenvalue weighted by atomic mass is 16.1. The van der Waals surface area contributed by atoms with Crippen molar-refractivity contribution in [3.05, 3.63) is 101 Å². The van der Waals surface area contributed by atoms with Crippen LogP contribution in [0.4, 0.5) is 0 Å². The van der Waals surface area contributed by atoms with E-state index in [1.165, 1.54) is 0 Å². The van der Waals surface area contributed by atoms with Crippen molar-refractivity contribution in [2.45, 2.75) is 90.1 Å². The Morgan fingerprint density at radius 1 is 1.05 bits per heavy atom. The van der Waals surface area contributed by atoms with Crippen LogP contribution in [0.2, 0.25) is 0 Å². The van der Waals surface area contributed by atoms with Crippen molar-refractivity contribution >= 4 is 17.7 Å². The predicted octanol–water partition coefficient (Wildman–Crippen LogP) is 7.39. The van der Waals surface area contributed by atoms with E-state index in [9.17, 15) is 10.1 Å². The second kappa shape index (κ2) is 14.9. The maximum absolute atomic E-state index is 13.8. The van der Waals surface area contributed by atoms with Gasteiger partial charge < -0.3 is 5.32 Å². The summed E-state index contributed by atoms with van der Waals surface area (Å²) in [7, 11) is 0. The van der Waals surface area contributed by atoms with Crippen molar-refractivity contribution < 1.29 is 4.79 Å². The Hall–Kier alpha value is -4.11. The first-order chi connectivity index (χ1) is 21.0. The minimum Gasteiger partial charge on any atom is -0.351 e. The summed E-state index contributed by atoms with van der Waals surface area (Å²) in [6.07, 6.45) is 14.9. The van der Waals surface area contributed by atoms with Gasteiger partial charge in [0.1, 0.15) is 11.9 Å². The van der Waals surface area contributed by atoms with E-state index >= 15 is 0 Å². The number of nitriles is 1. The van der Waals surface area contributed by atoms with Gasteiger partial charge in [0.25, 0.3) is 0 Å². The molecule has 43 heavy (non-hydrogen) atoms. The Kier molecular flexibility index (Phi) is 10.5. The molecule has 1 aliphatic heterocycles. The molecular formula is C37H43N5O. The molecule has 1 fully saturated rings. The molecule has 2 atom stereocenters. The maximum Gasteiger partial charge on any atom is 0.228 e. The van der Waals surface area contributed by atoms with Gasteiger partial charge in [0.05, 0.1) is 23.2 Å². The summed E-state index contributed by atoms with van der Waals surface area (Å²) in [5.74, 6) is 1.51. The Bertz CT molecular complexity index is 1460. The van der Waals surface area contributed by atoms with Gasteiger partial charge in [0, 0.05) is 25.4 Å². The number of hydrogen-bond acceptors (Lipinski definition) is 5. The number of aromatic nitrogens is 2. The molecule has 1 saturated carbocycles. The maximum atomic E-state index is 13.8. The lowest BCUT2D eigenvalue weighted by Gasteiger charge is -2.33. The van der Waals surface area contributed by atoms with Gasteiger partial charge >= 0.3 is 0 Å². The number of nitrogens with one attached hydrogen (secondary N) is 1. The molecule has 1 N–H and O–H groups in total. The molecule has 1 aromatic heterocycles. The van der Waals surface area contributed by atoms with Gasteiger partial charge in [-0.1, -0.05) is 80.4 Å². The van der Waals surface area contributed by atoms with E-state index in [4.69, 9.17) is 4.98 Å². The Morgan fingerprint density at radius 3 is 2.49 bits per heavy atom. The minimum atomic E-state index is -0.194. The van der Waals surface area contributed by atoms with Crippen molar-refractivity contribution in [2.24, 2.45) is 16.8 Å². The van der Waals surface area contributed by atoms with Gasteiger partial charge in [0.2, 0.25) is 5.91 Å². The first-order valence-electron chi connectivity index (χ1n) is 16.0. The molecule has 3 aromatic rings. The van der Waals surface area contributed by atoms with Gasteiger partial charge in [-0.3, -0.25) is 9.79 Å². The number of hydrogen-bond donors (Lipinski definition) is 1. The number of carbonyl (C=O) groups excluding carboxylic acids is 1. The number of allylic oxidation sites excluding steroid dienone is 1. The molecule has 1 aliphatic carbocycles. The fraction of sp³-hybridized carbons (Fsp3) is 0.432. The number of carbonyl (C=O) groups is 1. The number of unbranched alkanes of at least 4 members (excludes halogenated alkanes) is 2. The van der Waals surface area contributed by atoms with Crippen LogP contribution in [-0.2, 0) is 24.2 Å². The summed E-state index contributed by atoms with van der Waals surface area (Å²) in [6, 6.07) is 21.1. The van der Waals surface area contributed by atoms with Crippen LogP contribution in [0.1, 0.15) is 98.5 Å². The minimum absolute atomic E-state index is 0.0995. The van der Waals surface area contributed by atoms with Crippen LogP contribution >= 0.6 is 0 Å². The highest BCUT2D eigenvalue weighted by Crippen LogP contribution is 2.40. The lowest BCUT2D eigenvalue weighted by Crippen LogP contribution is -2.35. The van der Waals surface area contributed by atoms with Crippen LogP contribution < -0.4 is 5.32 Å². The Labute approximate surface area is 256 Å². The molecule has 0 saturated heterocycles. The third-order valence-corrected chi connectivity index (χ3v) is 8.95. The Morgan fingerprint density at radius 2 is 1.81 bits per heavy atom. The lowest BCUT2D eigenvalue weighted by molar-refractivity contribution is -0.124. The molecule has 2 aromatic carbocycles. The van der Waals surface area contributed by atoms with Crippen molar-refractivity contribution in [3.63, 3.8) is 0 Å². The summed E-state index contributed by atoms with van der Waals surface area (Å²) < 4.78 is 0. The van der Waals surface area contributed by atoms with Gasteiger partial charge in [-0.05, 0) is 79.5 Å². The molecule has 2 aliphatic rings. The molecule has 0 spiro atoms. The molecular weight excluding hydrogens is 530 g/mol. The fourth-order valence-corrected chi connectivity index (χ4v) is 6.50. The van der Waals surface area contributed by atoms with E-state index in [-0.39, 0.29) is 23.8 Å². The normalized spacial score (nSPS) is 20.3. The summed E-state index contributed by atoms with van der Waals surface area (Å²) in [5.41, 5.74) is 5.95. The summed E-state index contributed by atoms with van der Waals surface area (Å²) in [5, 5.41) is 12.8. The first kappa shape index (κ1) is 30.4. The van der Waals surface area contributed by atoms with Gasteiger partial charge in [-0.25, -0.2) is 9.97 Å². The zero-order valence-corrected chi connectivity index (χ0v) is 25.5. The number of amides is 1. The van der Waals surface area contributed by atoms with E-state index in [2.05, 4.69) is 65.6 Å². The van der Waals surface area contributed by atoms with Crippen molar-refractivity contribution in [1.29, 1.82) is 5.26 Å². The van der Waals surface area contributed by atoms with E-state index in [1.54, 1.807) is 6.20 Å². The number of benzene rings is 2. The summed E-state index contributed by atoms with van der Waals surface area (Å²) in [4.78, 5) is 27.6. The molecule has 1 amide bonds. The largest absolute Gasteiger partial charge is 0.351 e. The van der Waals surface area contributed by atoms with Gasteiger partial charge in [-0.15, -0.1) is 0 Å². The van der Waals surface area contributed by atoms with Crippen LogP contribution in [-0.4, -0.2) is 28.1 Å². The number of aliphatic imine (C=N–C) groups is 1. The van der Waals surface area contributed by atoms with Crippen LogP contribution in [0, 0.1) is 23.2 Å². The zero-order chi connectivity index (χ0) is 30.0. The highest BCUT2D eigenvalue weighted by Gasteiger charge is 2.33.